The number of aromatic carboxylic acids is 1. The van der Waals surface area contributed by atoms with Crippen molar-refractivity contribution >= 4 is 17.6 Å². The van der Waals surface area contributed by atoms with Gasteiger partial charge in [0.2, 0.25) is 0 Å². The van der Waals surface area contributed by atoms with Crippen molar-refractivity contribution in [3.05, 3.63) is 88.2 Å². The van der Waals surface area contributed by atoms with Crippen molar-refractivity contribution < 1.29 is 24.2 Å². The Morgan fingerprint density at radius 1 is 0.966 bits per heavy atom. The quantitative estimate of drug-likeness (QED) is 0.593. The van der Waals surface area contributed by atoms with E-state index < -0.39 is 17.7 Å². The highest BCUT2D eigenvalue weighted by molar-refractivity contribution is 6.06. The molecule has 0 aliphatic rings. The zero-order valence-corrected chi connectivity index (χ0v) is 16.0. The van der Waals surface area contributed by atoms with Crippen LogP contribution in [-0.2, 0) is 6.61 Å². The minimum absolute atomic E-state index is 0.0703. The summed E-state index contributed by atoms with van der Waals surface area (Å²) in [6, 6.07) is 14.4. The molecule has 3 N–H and O–H groups in total. The smallest absolute Gasteiger partial charge is 0.336 e. The van der Waals surface area contributed by atoms with E-state index in [0.29, 0.717) is 27.9 Å². The third-order valence-electron chi connectivity index (χ3n) is 4.80. The molecule has 3 aromatic rings. The standard InChI is InChI=1S/C23H20FNO4/c1-13-6-8-18(23(28)29)14(2)21(13)25-22(27)19-11-17(7-9-20(19)24)16-5-3-4-15(10-16)12-26/h3-11,26H,12H2,1-2H3,(H,25,27)(H,28,29). The molecule has 148 valence electrons. The first-order valence-corrected chi connectivity index (χ1v) is 8.96. The van der Waals surface area contributed by atoms with Crippen LogP contribution in [0, 0.1) is 19.7 Å². The van der Waals surface area contributed by atoms with Crippen molar-refractivity contribution in [2.24, 2.45) is 0 Å². The first kappa shape index (κ1) is 20.2. The first-order valence-electron chi connectivity index (χ1n) is 8.96. The summed E-state index contributed by atoms with van der Waals surface area (Å²) in [5.41, 5.74) is 3.41. The van der Waals surface area contributed by atoms with Gasteiger partial charge in [0.05, 0.1) is 17.7 Å². The van der Waals surface area contributed by atoms with Gasteiger partial charge in [-0.25, -0.2) is 9.18 Å². The van der Waals surface area contributed by atoms with Crippen molar-refractivity contribution in [2.45, 2.75) is 20.5 Å². The monoisotopic (exact) mass is 393 g/mol. The average molecular weight is 393 g/mol. The Bertz CT molecular complexity index is 1110. The van der Waals surface area contributed by atoms with E-state index in [2.05, 4.69) is 5.32 Å². The molecule has 0 aliphatic carbocycles. The molecule has 1 amide bonds. The van der Waals surface area contributed by atoms with Crippen molar-refractivity contribution in [3.63, 3.8) is 0 Å². The maximum atomic E-state index is 14.4. The second-order valence-electron chi connectivity index (χ2n) is 6.74. The van der Waals surface area contributed by atoms with Gasteiger partial charge in [-0.05, 0) is 65.9 Å². The lowest BCUT2D eigenvalue weighted by Gasteiger charge is -2.14. The van der Waals surface area contributed by atoms with E-state index in [-0.39, 0.29) is 17.7 Å². The molecule has 3 aromatic carbocycles. The van der Waals surface area contributed by atoms with Crippen molar-refractivity contribution in [3.8, 4) is 11.1 Å². The minimum Gasteiger partial charge on any atom is -0.478 e. The van der Waals surface area contributed by atoms with Crippen LogP contribution in [0.1, 0.15) is 37.4 Å². The van der Waals surface area contributed by atoms with Crippen LogP contribution in [0.5, 0.6) is 0 Å². The Labute approximate surface area is 167 Å². The summed E-state index contributed by atoms with van der Waals surface area (Å²) in [5.74, 6) is -2.46. The van der Waals surface area contributed by atoms with E-state index in [1.165, 1.54) is 18.2 Å². The molecule has 0 saturated carbocycles. The van der Waals surface area contributed by atoms with E-state index >= 15 is 0 Å². The fourth-order valence-electron chi connectivity index (χ4n) is 3.18. The number of benzene rings is 3. The molecule has 0 saturated heterocycles. The number of carbonyl (C=O) groups is 2. The molecule has 0 spiro atoms. The van der Waals surface area contributed by atoms with Crippen molar-refractivity contribution in [1.29, 1.82) is 0 Å². The third-order valence-corrected chi connectivity index (χ3v) is 4.80. The van der Waals surface area contributed by atoms with Crippen LogP contribution in [0.15, 0.2) is 54.6 Å². The summed E-state index contributed by atoms with van der Waals surface area (Å²) < 4.78 is 14.4. The van der Waals surface area contributed by atoms with Gasteiger partial charge in [0, 0.05) is 5.69 Å². The molecule has 0 bridgehead atoms. The SMILES string of the molecule is Cc1ccc(C(=O)O)c(C)c1NC(=O)c1cc(-c2cccc(CO)c2)ccc1F. The van der Waals surface area contributed by atoms with E-state index in [0.717, 1.165) is 5.56 Å². The number of halogens is 1. The van der Waals surface area contributed by atoms with Crippen molar-refractivity contribution in [1.82, 2.24) is 0 Å². The molecule has 5 nitrogen and oxygen atoms in total. The Morgan fingerprint density at radius 2 is 1.69 bits per heavy atom. The lowest BCUT2D eigenvalue weighted by Crippen LogP contribution is -2.16. The number of rotatable bonds is 5. The van der Waals surface area contributed by atoms with E-state index in [4.69, 9.17) is 0 Å². The van der Waals surface area contributed by atoms with E-state index in [1.54, 1.807) is 50.2 Å². The number of aliphatic hydroxyl groups excluding tert-OH is 1. The summed E-state index contributed by atoms with van der Waals surface area (Å²) in [6.45, 7) is 3.21. The number of carboxylic acids is 1. The van der Waals surface area contributed by atoms with Gasteiger partial charge in [-0.1, -0.05) is 30.3 Å². The van der Waals surface area contributed by atoms with Gasteiger partial charge in [0.1, 0.15) is 5.82 Å². The maximum Gasteiger partial charge on any atom is 0.336 e. The number of carbonyl (C=O) groups excluding carboxylic acids is 1. The normalized spacial score (nSPS) is 10.6. The number of aliphatic hydroxyl groups is 1. The van der Waals surface area contributed by atoms with Crippen molar-refractivity contribution in [2.75, 3.05) is 5.32 Å². The van der Waals surface area contributed by atoms with Gasteiger partial charge >= 0.3 is 5.97 Å². The van der Waals surface area contributed by atoms with E-state index in [1.807, 2.05) is 0 Å². The molecule has 0 radical (unpaired) electrons. The summed E-state index contributed by atoms with van der Waals surface area (Å²) in [6.07, 6.45) is 0. The minimum atomic E-state index is -1.10. The average Bonchev–Trinajstić information content (AvgIpc) is 2.71. The van der Waals surface area contributed by atoms with Crippen LogP contribution >= 0.6 is 0 Å². The number of anilines is 1. The third kappa shape index (κ3) is 4.17. The molecule has 0 aliphatic heterocycles. The second kappa shape index (κ2) is 8.24. The molecule has 6 heteroatoms. The summed E-state index contributed by atoms with van der Waals surface area (Å²) >= 11 is 0. The van der Waals surface area contributed by atoms with Gasteiger partial charge < -0.3 is 15.5 Å². The molecule has 0 unspecified atom stereocenters. The largest absolute Gasteiger partial charge is 0.478 e. The van der Waals surface area contributed by atoms with Crippen LogP contribution in [0.3, 0.4) is 0 Å². The van der Waals surface area contributed by atoms with Crippen LogP contribution in [-0.4, -0.2) is 22.1 Å². The summed E-state index contributed by atoms with van der Waals surface area (Å²) in [5, 5.41) is 21.2. The van der Waals surface area contributed by atoms with Crippen LogP contribution in [0.4, 0.5) is 10.1 Å². The number of hydrogen-bond donors (Lipinski definition) is 3. The highest BCUT2D eigenvalue weighted by Crippen LogP contribution is 2.27. The highest BCUT2D eigenvalue weighted by Gasteiger charge is 2.18. The second-order valence-corrected chi connectivity index (χ2v) is 6.74. The Hall–Kier alpha value is -3.51. The Kier molecular flexibility index (Phi) is 5.75. The number of amides is 1. The number of hydrogen-bond acceptors (Lipinski definition) is 3. The molecule has 29 heavy (non-hydrogen) atoms. The highest BCUT2D eigenvalue weighted by atomic mass is 19.1. The van der Waals surface area contributed by atoms with Crippen LogP contribution < -0.4 is 5.32 Å². The molecule has 0 atom stereocenters. The predicted molar refractivity (Wildman–Crippen MR) is 109 cm³/mol. The fraction of sp³-hybridized carbons (Fsp3) is 0.130. The lowest BCUT2D eigenvalue weighted by atomic mass is 9.99. The molecular weight excluding hydrogens is 373 g/mol. The molecule has 0 aromatic heterocycles. The fourth-order valence-corrected chi connectivity index (χ4v) is 3.18. The summed E-state index contributed by atoms with van der Waals surface area (Å²) in [7, 11) is 0. The predicted octanol–water partition coefficient (Wildman–Crippen LogP) is 4.55. The van der Waals surface area contributed by atoms with Gasteiger partial charge in [0.25, 0.3) is 5.91 Å². The molecule has 3 rings (SSSR count). The van der Waals surface area contributed by atoms with Gasteiger partial charge in [0.15, 0.2) is 0 Å². The molecular formula is C23H20FNO4. The zero-order valence-electron chi connectivity index (χ0n) is 16.0. The number of nitrogens with one attached hydrogen (secondary N) is 1. The lowest BCUT2D eigenvalue weighted by molar-refractivity contribution is 0.0695. The summed E-state index contributed by atoms with van der Waals surface area (Å²) in [4.78, 5) is 24.1. The zero-order chi connectivity index (χ0) is 21.1. The van der Waals surface area contributed by atoms with Gasteiger partial charge in [-0.15, -0.1) is 0 Å². The number of carboxylic acid groups (broad SMARTS) is 1. The molecule has 0 heterocycles. The van der Waals surface area contributed by atoms with Crippen LogP contribution in [0.25, 0.3) is 11.1 Å². The van der Waals surface area contributed by atoms with Gasteiger partial charge in [-0.2, -0.15) is 0 Å². The topological polar surface area (TPSA) is 86.6 Å². The first-order chi connectivity index (χ1) is 13.8. The molecule has 0 fully saturated rings. The van der Waals surface area contributed by atoms with Gasteiger partial charge in [-0.3, -0.25) is 4.79 Å². The Morgan fingerprint density at radius 3 is 2.38 bits per heavy atom. The maximum absolute atomic E-state index is 14.4. The Balaban J connectivity index is 1.98. The number of aryl methyl sites for hydroxylation is 1. The van der Waals surface area contributed by atoms with E-state index in [9.17, 15) is 24.2 Å². The van der Waals surface area contributed by atoms with Crippen LogP contribution in [0.2, 0.25) is 0 Å².